The van der Waals surface area contributed by atoms with Gasteiger partial charge in [0.05, 0.1) is 11.7 Å². The predicted molar refractivity (Wildman–Crippen MR) is 85.9 cm³/mol. The third kappa shape index (κ3) is 3.87. The van der Waals surface area contributed by atoms with Crippen molar-refractivity contribution in [2.75, 3.05) is 6.61 Å². The summed E-state index contributed by atoms with van der Waals surface area (Å²) in [5.74, 6) is 0.597. The largest absolute Gasteiger partial charge is 0.484 e. The molecule has 1 N–H and O–H groups in total. The Hall–Kier alpha value is -2.30. The van der Waals surface area contributed by atoms with E-state index >= 15 is 0 Å². The first kappa shape index (κ1) is 16.1. The summed E-state index contributed by atoms with van der Waals surface area (Å²) in [6, 6.07) is 7.57. The van der Waals surface area contributed by atoms with Crippen molar-refractivity contribution in [2.45, 2.75) is 40.3 Å². The van der Waals surface area contributed by atoms with E-state index in [2.05, 4.69) is 10.4 Å². The lowest BCUT2D eigenvalue weighted by molar-refractivity contribution is -0.123. The number of para-hydroxylation sites is 1. The maximum Gasteiger partial charge on any atom is 0.258 e. The average molecular weight is 301 g/mol. The highest BCUT2D eigenvalue weighted by atomic mass is 16.5. The number of aromatic nitrogens is 2. The van der Waals surface area contributed by atoms with E-state index in [4.69, 9.17) is 4.74 Å². The molecule has 2 aromatic rings. The maximum absolute atomic E-state index is 12.0. The van der Waals surface area contributed by atoms with Gasteiger partial charge in [0.2, 0.25) is 0 Å². The van der Waals surface area contributed by atoms with Crippen molar-refractivity contribution >= 4 is 5.91 Å². The summed E-state index contributed by atoms with van der Waals surface area (Å²) in [5, 5.41) is 7.34. The number of benzene rings is 1. The minimum absolute atomic E-state index is 0.0101. The van der Waals surface area contributed by atoms with Crippen LogP contribution in [-0.4, -0.2) is 22.3 Å². The van der Waals surface area contributed by atoms with Gasteiger partial charge in [0.1, 0.15) is 5.75 Å². The zero-order valence-corrected chi connectivity index (χ0v) is 13.6. The molecular weight excluding hydrogens is 278 g/mol. The fraction of sp³-hybridized carbons (Fsp3) is 0.412. The Labute approximate surface area is 131 Å². The van der Waals surface area contributed by atoms with Gasteiger partial charge in [-0.2, -0.15) is 5.10 Å². The summed E-state index contributed by atoms with van der Waals surface area (Å²) in [6.07, 6.45) is 1.97. The lowest BCUT2D eigenvalue weighted by Gasteiger charge is -2.14. The molecule has 1 unspecified atom stereocenters. The average Bonchev–Trinajstić information content (AvgIpc) is 2.87. The lowest BCUT2D eigenvalue weighted by Crippen LogP contribution is -2.31. The minimum Gasteiger partial charge on any atom is -0.484 e. The zero-order chi connectivity index (χ0) is 16.1. The second-order valence-corrected chi connectivity index (χ2v) is 5.37. The molecule has 5 heteroatoms. The number of nitrogens with one attached hydrogen (secondary N) is 1. The van der Waals surface area contributed by atoms with Gasteiger partial charge in [-0.1, -0.05) is 18.2 Å². The van der Waals surface area contributed by atoms with Crippen LogP contribution in [-0.2, 0) is 11.3 Å². The molecular formula is C17H23N3O2. The van der Waals surface area contributed by atoms with Crippen LogP contribution in [0, 0.1) is 13.8 Å². The predicted octanol–water partition coefficient (Wildman–Crippen LogP) is 2.78. The number of rotatable bonds is 6. The number of nitrogens with zero attached hydrogens (tertiary/aromatic N) is 2. The van der Waals surface area contributed by atoms with Crippen LogP contribution in [0.3, 0.4) is 0 Å². The molecule has 118 valence electrons. The lowest BCUT2D eigenvalue weighted by atomic mass is 10.1. The van der Waals surface area contributed by atoms with E-state index in [9.17, 15) is 4.79 Å². The highest BCUT2D eigenvalue weighted by Gasteiger charge is 2.15. The third-order valence-corrected chi connectivity index (χ3v) is 3.60. The van der Waals surface area contributed by atoms with E-state index < -0.39 is 0 Å². The molecule has 0 aliphatic carbocycles. The summed E-state index contributed by atoms with van der Waals surface area (Å²) in [6.45, 7) is 8.73. The number of hydrogen-bond acceptors (Lipinski definition) is 3. The van der Waals surface area contributed by atoms with Gasteiger partial charge in [0.25, 0.3) is 5.91 Å². The second kappa shape index (κ2) is 7.11. The van der Waals surface area contributed by atoms with Crippen LogP contribution in [0.1, 0.15) is 36.7 Å². The SMILES string of the molecule is CCn1cc(C(C)NC(=O)COc2ccccc2C)c(C)n1. The van der Waals surface area contributed by atoms with Gasteiger partial charge < -0.3 is 10.1 Å². The molecule has 1 aromatic heterocycles. The molecule has 0 saturated carbocycles. The fourth-order valence-corrected chi connectivity index (χ4v) is 2.34. The first-order valence-corrected chi connectivity index (χ1v) is 7.53. The van der Waals surface area contributed by atoms with Gasteiger partial charge >= 0.3 is 0 Å². The van der Waals surface area contributed by atoms with Gasteiger partial charge in [-0.3, -0.25) is 9.48 Å². The van der Waals surface area contributed by atoms with Crippen LogP contribution >= 0.6 is 0 Å². The first-order chi connectivity index (χ1) is 10.5. The van der Waals surface area contributed by atoms with Crippen molar-refractivity contribution in [3.05, 3.63) is 47.3 Å². The van der Waals surface area contributed by atoms with Crippen molar-refractivity contribution in [2.24, 2.45) is 0 Å². The molecule has 0 spiro atoms. The van der Waals surface area contributed by atoms with Gasteiger partial charge in [0.15, 0.2) is 6.61 Å². The third-order valence-electron chi connectivity index (χ3n) is 3.60. The van der Waals surface area contributed by atoms with E-state index in [-0.39, 0.29) is 18.6 Å². The van der Waals surface area contributed by atoms with Crippen LogP contribution in [0.4, 0.5) is 0 Å². The fourth-order valence-electron chi connectivity index (χ4n) is 2.34. The van der Waals surface area contributed by atoms with Crippen LogP contribution < -0.4 is 10.1 Å². The standard InChI is InChI=1S/C17H23N3O2/c1-5-20-10-15(14(4)19-20)13(3)18-17(21)11-22-16-9-7-6-8-12(16)2/h6-10,13H,5,11H2,1-4H3,(H,18,21). The monoisotopic (exact) mass is 301 g/mol. The quantitative estimate of drug-likeness (QED) is 0.892. The smallest absolute Gasteiger partial charge is 0.258 e. The highest BCUT2D eigenvalue weighted by Crippen LogP contribution is 2.17. The molecule has 0 bridgehead atoms. The van der Waals surface area contributed by atoms with E-state index in [1.54, 1.807) is 0 Å². The molecule has 1 atom stereocenters. The molecule has 5 nitrogen and oxygen atoms in total. The number of ether oxygens (including phenoxy) is 1. The Morgan fingerprint density at radius 3 is 2.73 bits per heavy atom. The van der Waals surface area contributed by atoms with E-state index in [0.717, 1.165) is 29.1 Å². The highest BCUT2D eigenvalue weighted by molar-refractivity contribution is 5.78. The Morgan fingerprint density at radius 2 is 2.09 bits per heavy atom. The Kier molecular flexibility index (Phi) is 5.20. The molecule has 1 aromatic carbocycles. The second-order valence-electron chi connectivity index (χ2n) is 5.37. The van der Waals surface area contributed by atoms with Crippen molar-refractivity contribution in [1.82, 2.24) is 15.1 Å². The van der Waals surface area contributed by atoms with Crippen LogP contribution in [0.2, 0.25) is 0 Å². The van der Waals surface area contributed by atoms with Crippen LogP contribution in [0.15, 0.2) is 30.5 Å². The van der Waals surface area contributed by atoms with Gasteiger partial charge in [-0.15, -0.1) is 0 Å². The summed E-state index contributed by atoms with van der Waals surface area (Å²) in [5.41, 5.74) is 2.99. The van der Waals surface area contributed by atoms with E-state index in [0.29, 0.717) is 0 Å². The molecule has 1 amide bonds. The molecule has 2 rings (SSSR count). The maximum atomic E-state index is 12.0. The van der Waals surface area contributed by atoms with Crippen LogP contribution in [0.25, 0.3) is 0 Å². The normalized spacial score (nSPS) is 12.0. The van der Waals surface area contributed by atoms with Crippen molar-refractivity contribution in [3.8, 4) is 5.75 Å². The van der Waals surface area contributed by atoms with Crippen LogP contribution in [0.5, 0.6) is 5.75 Å². The Morgan fingerprint density at radius 1 is 1.36 bits per heavy atom. The molecule has 0 aliphatic heterocycles. The van der Waals surface area contributed by atoms with Gasteiger partial charge in [-0.05, 0) is 39.3 Å². The summed E-state index contributed by atoms with van der Waals surface area (Å²) in [4.78, 5) is 12.0. The summed E-state index contributed by atoms with van der Waals surface area (Å²) < 4.78 is 7.43. The first-order valence-electron chi connectivity index (χ1n) is 7.53. The molecule has 0 radical (unpaired) electrons. The van der Waals surface area contributed by atoms with E-state index in [1.165, 1.54) is 0 Å². The van der Waals surface area contributed by atoms with E-state index in [1.807, 2.05) is 62.8 Å². The Bertz CT molecular complexity index is 649. The number of carbonyl (C=O) groups is 1. The van der Waals surface area contributed by atoms with Crippen molar-refractivity contribution in [3.63, 3.8) is 0 Å². The molecule has 22 heavy (non-hydrogen) atoms. The number of carbonyl (C=O) groups excluding carboxylic acids is 1. The number of amides is 1. The molecule has 1 heterocycles. The van der Waals surface area contributed by atoms with Crippen molar-refractivity contribution in [1.29, 1.82) is 0 Å². The topological polar surface area (TPSA) is 56.2 Å². The minimum atomic E-state index is -0.139. The number of aryl methyl sites for hydroxylation is 3. The molecule has 0 saturated heterocycles. The number of hydrogen-bond donors (Lipinski definition) is 1. The summed E-state index contributed by atoms with van der Waals surface area (Å²) in [7, 11) is 0. The zero-order valence-electron chi connectivity index (χ0n) is 13.6. The van der Waals surface area contributed by atoms with Gasteiger partial charge in [0, 0.05) is 18.3 Å². The van der Waals surface area contributed by atoms with Crippen molar-refractivity contribution < 1.29 is 9.53 Å². The Balaban J connectivity index is 1.91. The molecule has 0 aliphatic rings. The molecule has 0 fully saturated rings. The summed E-state index contributed by atoms with van der Waals surface area (Å²) >= 11 is 0. The van der Waals surface area contributed by atoms with Gasteiger partial charge in [-0.25, -0.2) is 0 Å².